The molecule has 0 saturated carbocycles. The molecule has 0 atom stereocenters. The molecule has 2 heterocycles. The van der Waals surface area contributed by atoms with Crippen LogP contribution < -0.4 is 5.32 Å². The van der Waals surface area contributed by atoms with Crippen molar-refractivity contribution < 1.29 is 0 Å². The number of anilines is 2. The van der Waals surface area contributed by atoms with E-state index in [2.05, 4.69) is 58.9 Å². The molecule has 2 aromatic heterocycles. The minimum Gasteiger partial charge on any atom is -0.354 e. The maximum atomic E-state index is 4.78. The third kappa shape index (κ3) is 2.83. The quantitative estimate of drug-likeness (QED) is 0.588. The van der Waals surface area contributed by atoms with Crippen molar-refractivity contribution in [2.45, 2.75) is 33.7 Å². The minimum absolute atomic E-state index is 0.376. The molecule has 0 amide bonds. The molecule has 0 aliphatic carbocycles. The molecule has 0 aliphatic heterocycles. The molecule has 6 nitrogen and oxygen atoms in total. The van der Waals surface area contributed by atoms with Gasteiger partial charge in [0.05, 0.1) is 16.9 Å². The molecule has 0 saturated heterocycles. The average molecular weight is 346 g/mol. The second-order valence-corrected chi connectivity index (χ2v) is 6.70. The number of hydrogen-bond acceptors (Lipinski definition) is 4. The fraction of sp³-hybridized carbons (Fsp3) is 0.250. The Bertz CT molecular complexity index is 1060. The topological polar surface area (TPSA) is 60.6 Å². The van der Waals surface area contributed by atoms with Crippen LogP contribution in [0.4, 0.5) is 11.4 Å². The van der Waals surface area contributed by atoms with Gasteiger partial charge in [-0.2, -0.15) is 5.10 Å². The summed E-state index contributed by atoms with van der Waals surface area (Å²) in [5.74, 6) is 1.79. The Morgan fingerprint density at radius 1 is 1.00 bits per heavy atom. The zero-order valence-electron chi connectivity index (χ0n) is 15.4. The summed E-state index contributed by atoms with van der Waals surface area (Å²) in [5.41, 5.74) is 5.14. The Balaban J connectivity index is 1.66. The number of aryl methyl sites for hydroxylation is 2. The zero-order chi connectivity index (χ0) is 18.3. The smallest absolute Gasteiger partial charge is 0.147 e. The number of nitrogens with one attached hydrogen (secondary N) is 1. The summed E-state index contributed by atoms with van der Waals surface area (Å²) in [6.45, 7) is 8.29. The van der Waals surface area contributed by atoms with Gasteiger partial charge >= 0.3 is 0 Å². The highest BCUT2D eigenvalue weighted by Gasteiger charge is 2.13. The fourth-order valence-corrected chi connectivity index (χ4v) is 3.31. The highest BCUT2D eigenvalue weighted by molar-refractivity contribution is 5.91. The number of imidazole rings is 1. The van der Waals surface area contributed by atoms with Gasteiger partial charge in [0.1, 0.15) is 23.5 Å². The number of nitrogens with zero attached hydrogens (tertiary/aromatic N) is 5. The predicted molar refractivity (Wildman–Crippen MR) is 104 cm³/mol. The van der Waals surface area contributed by atoms with Gasteiger partial charge in [-0.05, 0) is 64.1 Å². The average Bonchev–Trinajstić information content (AvgIpc) is 3.19. The van der Waals surface area contributed by atoms with E-state index < -0.39 is 0 Å². The number of hydrogen-bond donors (Lipinski definition) is 1. The normalized spacial score (nSPS) is 11.4. The summed E-state index contributed by atoms with van der Waals surface area (Å²) >= 11 is 0. The summed E-state index contributed by atoms with van der Waals surface area (Å²) in [4.78, 5) is 8.94. The molecular weight excluding hydrogens is 324 g/mol. The molecule has 1 N–H and O–H groups in total. The van der Waals surface area contributed by atoms with Crippen molar-refractivity contribution in [2.24, 2.45) is 0 Å². The summed E-state index contributed by atoms with van der Waals surface area (Å²) < 4.78 is 4.03. The predicted octanol–water partition coefficient (Wildman–Crippen LogP) is 4.56. The molecule has 0 unspecified atom stereocenters. The minimum atomic E-state index is 0.376. The molecule has 4 rings (SSSR count). The Morgan fingerprint density at radius 3 is 2.42 bits per heavy atom. The van der Waals surface area contributed by atoms with Crippen LogP contribution in [0.3, 0.4) is 0 Å². The summed E-state index contributed by atoms with van der Waals surface area (Å²) in [7, 11) is 0. The maximum absolute atomic E-state index is 4.78. The monoisotopic (exact) mass is 346 g/mol. The van der Waals surface area contributed by atoms with Crippen LogP contribution in [0.5, 0.6) is 0 Å². The van der Waals surface area contributed by atoms with Gasteiger partial charge in [-0.1, -0.05) is 6.07 Å². The van der Waals surface area contributed by atoms with Crippen molar-refractivity contribution in [1.29, 1.82) is 0 Å². The van der Waals surface area contributed by atoms with E-state index in [-0.39, 0.29) is 0 Å². The van der Waals surface area contributed by atoms with Crippen molar-refractivity contribution in [2.75, 3.05) is 5.32 Å². The third-order valence-electron chi connectivity index (χ3n) is 4.43. The molecule has 6 heteroatoms. The molecule has 2 aromatic carbocycles. The van der Waals surface area contributed by atoms with E-state index in [0.717, 1.165) is 39.7 Å². The molecule has 4 aromatic rings. The third-order valence-corrected chi connectivity index (χ3v) is 4.43. The first kappa shape index (κ1) is 16.3. The maximum Gasteiger partial charge on any atom is 0.147 e. The number of fused-ring (bicyclic) bond motifs is 1. The first-order valence-corrected chi connectivity index (χ1v) is 8.76. The molecule has 0 bridgehead atoms. The van der Waals surface area contributed by atoms with E-state index in [4.69, 9.17) is 4.98 Å². The van der Waals surface area contributed by atoms with Crippen LogP contribution in [-0.4, -0.2) is 24.3 Å². The SMILES string of the molecule is Cc1ncn(-c2ccc(Nc3cccc4c3nc(C)n4C(C)C)cc2)n1. The van der Waals surface area contributed by atoms with Crippen LogP contribution in [-0.2, 0) is 0 Å². The number of benzene rings is 2. The van der Waals surface area contributed by atoms with E-state index in [9.17, 15) is 0 Å². The van der Waals surface area contributed by atoms with Crippen LogP contribution in [0.2, 0.25) is 0 Å². The van der Waals surface area contributed by atoms with Gasteiger partial charge in [-0.15, -0.1) is 0 Å². The van der Waals surface area contributed by atoms with Crippen molar-refractivity contribution in [3.05, 3.63) is 60.4 Å². The van der Waals surface area contributed by atoms with Crippen LogP contribution in [0.1, 0.15) is 31.5 Å². The first-order valence-electron chi connectivity index (χ1n) is 8.76. The lowest BCUT2D eigenvalue weighted by Crippen LogP contribution is -2.02. The number of rotatable bonds is 4. The number of para-hydroxylation sites is 1. The van der Waals surface area contributed by atoms with E-state index in [0.29, 0.717) is 6.04 Å². The van der Waals surface area contributed by atoms with Crippen LogP contribution in [0.15, 0.2) is 48.8 Å². The van der Waals surface area contributed by atoms with Crippen LogP contribution >= 0.6 is 0 Å². The lowest BCUT2D eigenvalue weighted by molar-refractivity contribution is 0.600. The van der Waals surface area contributed by atoms with Gasteiger partial charge in [0.15, 0.2) is 0 Å². The van der Waals surface area contributed by atoms with Crippen molar-refractivity contribution in [1.82, 2.24) is 24.3 Å². The Kier molecular flexibility index (Phi) is 3.95. The molecular formula is C20H22N6. The van der Waals surface area contributed by atoms with Crippen molar-refractivity contribution >= 4 is 22.4 Å². The molecule has 26 heavy (non-hydrogen) atoms. The molecule has 0 aliphatic rings. The summed E-state index contributed by atoms with van der Waals surface area (Å²) in [6.07, 6.45) is 1.72. The summed E-state index contributed by atoms with van der Waals surface area (Å²) in [6, 6.07) is 14.8. The Morgan fingerprint density at radius 2 is 1.77 bits per heavy atom. The summed E-state index contributed by atoms with van der Waals surface area (Å²) in [5, 5.41) is 7.83. The highest BCUT2D eigenvalue weighted by atomic mass is 15.3. The van der Waals surface area contributed by atoms with Gasteiger partial charge in [0.2, 0.25) is 0 Å². The van der Waals surface area contributed by atoms with E-state index >= 15 is 0 Å². The second kappa shape index (κ2) is 6.29. The molecule has 0 fully saturated rings. The number of aromatic nitrogens is 5. The van der Waals surface area contributed by atoms with Gasteiger partial charge in [0.25, 0.3) is 0 Å². The van der Waals surface area contributed by atoms with Crippen molar-refractivity contribution in [3.8, 4) is 5.69 Å². The lowest BCUT2D eigenvalue weighted by Gasteiger charge is -2.11. The molecule has 132 valence electrons. The zero-order valence-corrected chi connectivity index (χ0v) is 15.4. The fourth-order valence-electron chi connectivity index (χ4n) is 3.31. The van der Waals surface area contributed by atoms with E-state index in [1.54, 1.807) is 11.0 Å². The van der Waals surface area contributed by atoms with Gasteiger partial charge in [0, 0.05) is 11.7 Å². The molecule has 0 spiro atoms. The van der Waals surface area contributed by atoms with Gasteiger partial charge in [-0.25, -0.2) is 14.6 Å². The Labute approximate surface area is 152 Å². The van der Waals surface area contributed by atoms with E-state index in [1.807, 2.05) is 31.2 Å². The lowest BCUT2D eigenvalue weighted by atomic mass is 10.2. The first-order chi connectivity index (χ1) is 12.5. The van der Waals surface area contributed by atoms with Crippen molar-refractivity contribution in [3.63, 3.8) is 0 Å². The van der Waals surface area contributed by atoms with E-state index in [1.165, 1.54) is 0 Å². The Hall–Kier alpha value is -3.15. The van der Waals surface area contributed by atoms with Gasteiger partial charge < -0.3 is 9.88 Å². The highest BCUT2D eigenvalue weighted by Crippen LogP contribution is 2.29. The molecule has 0 radical (unpaired) electrons. The van der Waals surface area contributed by atoms with Crippen LogP contribution in [0, 0.1) is 13.8 Å². The largest absolute Gasteiger partial charge is 0.354 e. The van der Waals surface area contributed by atoms with Gasteiger partial charge in [-0.3, -0.25) is 0 Å². The second-order valence-electron chi connectivity index (χ2n) is 6.70. The van der Waals surface area contributed by atoms with Crippen LogP contribution in [0.25, 0.3) is 16.7 Å². The standard InChI is InChI=1S/C20H22N6/c1-13(2)26-15(4)22-20-18(6-5-7-19(20)26)23-16-8-10-17(11-9-16)25-12-21-14(3)24-25/h5-13,23H,1-4H3.